The summed E-state index contributed by atoms with van der Waals surface area (Å²) in [5.74, 6) is 0. The van der Waals surface area contributed by atoms with Gasteiger partial charge in [-0.05, 0) is 24.3 Å². The Balaban J connectivity index is 2.75. The highest BCUT2D eigenvalue weighted by Crippen LogP contribution is 2.12. The van der Waals surface area contributed by atoms with Crippen LogP contribution in [0.1, 0.15) is 18.9 Å². The topological polar surface area (TPSA) is 28.5 Å². The molecule has 0 bridgehead atoms. The molecule has 5 heteroatoms. The van der Waals surface area contributed by atoms with Gasteiger partial charge in [-0.25, -0.2) is 4.98 Å². The highest BCUT2D eigenvalue weighted by molar-refractivity contribution is 8.13. The molecule has 0 spiro atoms. The zero-order valence-corrected chi connectivity index (χ0v) is 12.1. The number of hydrogen-bond donors (Lipinski definition) is 0. The maximum absolute atomic E-state index is 5.77. The van der Waals surface area contributed by atoms with Crippen molar-refractivity contribution in [3.63, 3.8) is 0 Å². The second-order valence-corrected chi connectivity index (χ2v) is 4.78. The van der Waals surface area contributed by atoms with Crippen molar-refractivity contribution < 1.29 is 0 Å². The molecule has 0 aliphatic heterocycles. The molecule has 0 atom stereocenters. The maximum atomic E-state index is 5.77. The molecule has 0 radical (unpaired) electrons. The second kappa shape index (κ2) is 7.56. The Morgan fingerprint density at radius 3 is 2.76 bits per heavy atom. The van der Waals surface area contributed by atoms with Crippen LogP contribution in [0, 0.1) is 0 Å². The molecule has 17 heavy (non-hydrogen) atoms. The fourth-order valence-electron chi connectivity index (χ4n) is 1.59. The molecule has 3 nitrogen and oxygen atoms in total. The van der Waals surface area contributed by atoms with Gasteiger partial charge in [0.15, 0.2) is 5.17 Å². The van der Waals surface area contributed by atoms with E-state index in [1.165, 1.54) is 0 Å². The molecule has 0 fully saturated rings. The first-order valence-electron chi connectivity index (χ1n) is 5.57. The number of rotatable bonds is 4. The fourth-order valence-corrected chi connectivity index (χ4v) is 2.30. The summed E-state index contributed by atoms with van der Waals surface area (Å²) in [6, 6.07) is 3.83. The van der Waals surface area contributed by atoms with Crippen molar-refractivity contribution in [3.05, 3.63) is 29.0 Å². The Morgan fingerprint density at radius 2 is 2.29 bits per heavy atom. The van der Waals surface area contributed by atoms with Crippen molar-refractivity contribution in [2.75, 3.05) is 19.8 Å². The summed E-state index contributed by atoms with van der Waals surface area (Å²) in [5, 5.41) is 1.59. The van der Waals surface area contributed by atoms with Crippen LogP contribution in [0.15, 0.2) is 23.3 Å². The predicted molar refractivity (Wildman–Crippen MR) is 76.8 cm³/mol. The van der Waals surface area contributed by atoms with Gasteiger partial charge in [0.2, 0.25) is 0 Å². The van der Waals surface area contributed by atoms with Gasteiger partial charge in [0.1, 0.15) is 5.15 Å². The number of thioether (sulfide) groups is 1. The van der Waals surface area contributed by atoms with Crippen LogP contribution in [0.2, 0.25) is 5.15 Å². The third kappa shape index (κ3) is 4.56. The summed E-state index contributed by atoms with van der Waals surface area (Å²) < 4.78 is 0. The smallest absolute Gasteiger partial charge is 0.158 e. The van der Waals surface area contributed by atoms with E-state index in [4.69, 9.17) is 11.6 Å². The number of aliphatic imine (C=N–C) groups is 1. The van der Waals surface area contributed by atoms with E-state index in [0.717, 1.165) is 30.2 Å². The van der Waals surface area contributed by atoms with Crippen molar-refractivity contribution in [3.8, 4) is 0 Å². The lowest BCUT2D eigenvalue weighted by atomic mass is 10.2. The molecule has 0 aliphatic carbocycles. The third-order valence-corrected chi connectivity index (χ3v) is 3.33. The standard InChI is InChI=1S/C12H18ClN3S/c1-4-7-16(12(14-2)17-3)9-10-5-6-11(13)15-8-10/h5-6,8H,4,7,9H2,1-3H3. The number of amidine groups is 1. The lowest BCUT2D eigenvalue weighted by Gasteiger charge is -2.24. The molecule has 0 aromatic carbocycles. The molecule has 1 heterocycles. The van der Waals surface area contributed by atoms with E-state index < -0.39 is 0 Å². The van der Waals surface area contributed by atoms with Crippen LogP contribution in [0.3, 0.4) is 0 Å². The summed E-state index contributed by atoms with van der Waals surface area (Å²) in [6.45, 7) is 3.99. The van der Waals surface area contributed by atoms with Crippen LogP contribution in [-0.2, 0) is 6.54 Å². The Morgan fingerprint density at radius 1 is 1.53 bits per heavy atom. The molecule has 0 saturated heterocycles. The van der Waals surface area contributed by atoms with E-state index in [1.54, 1.807) is 11.8 Å². The fraction of sp³-hybridized carbons (Fsp3) is 0.500. The Bertz CT molecular complexity index is 365. The monoisotopic (exact) mass is 271 g/mol. The molecule has 0 N–H and O–H groups in total. The molecular formula is C12H18ClN3S. The minimum atomic E-state index is 0.532. The maximum Gasteiger partial charge on any atom is 0.158 e. The lowest BCUT2D eigenvalue weighted by molar-refractivity contribution is 0.419. The molecule has 0 saturated carbocycles. The van der Waals surface area contributed by atoms with E-state index in [0.29, 0.717) is 5.15 Å². The molecule has 1 rings (SSSR count). The van der Waals surface area contributed by atoms with Gasteiger partial charge in [0.25, 0.3) is 0 Å². The van der Waals surface area contributed by atoms with Gasteiger partial charge < -0.3 is 4.90 Å². The minimum absolute atomic E-state index is 0.532. The van der Waals surface area contributed by atoms with Gasteiger partial charge in [-0.15, -0.1) is 0 Å². The van der Waals surface area contributed by atoms with E-state index in [1.807, 2.05) is 31.6 Å². The number of aromatic nitrogens is 1. The molecular weight excluding hydrogens is 254 g/mol. The minimum Gasteiger partial charge on any atom is -0.347 e. The normalized spacial score (nSPS) is 11.6. The van der Waals surface area contributed by atoms with Crippen LogP contribution in [0.25, 0.3) is 0 Å². The molecule has 1 aromatic heterocycles. The number of hydrogen-bond acceptors (Lipinski definition) is 3. The molecule has 0 amide bonds. The quantitative estimate of drug-likeness (QED) is 0.478. The zero-order valence-electron chi connectivity index (χ0n) is 10.5. The van der Waals surface area contributed by atoms with Gasteiger partial charge >= 0.3 is 0 Å². The average Bonchev–Trinajstić information content (AvgIpc) is 2.34. The largest absolute Gasteiger partial charge is 0.347 e. The molecule has 1 aromatic rings. The molecule has 0 unspecified atom stereocenters. The average molecular weight is 272 g/mol. The third-order valence-electron chi connectivity index (χ3n) is 2.30. The Labute approximate surface area is 112 Å². The first kappa shape index (κ1) is 14.3. The van der Waals surface area contributed by atoms with Gasteiger partial charge in [0, 0.05) is 26.3 Å². The first-order valence-corrected chi connectivity index (χ1v) is 7.17. The lowest BCUT2D eigenvalue weighted by Crippen LogP contribution is -2.29. The Hall–Kier alpha value is -0.740. The zero-order chi connectivity index (χ0) is 12.7. The van der Waals surface area contributed by atoms with Crippen LogP contribution in [0.5, 0.6) is 0 Å². The van der Waals surface area contributed by atoms with Crippen molar-refractivity contribution in [2.24, 2.45) is 4.99 Å². The SMILES string of the molecule is CCCN(Cc1ccc(Cl)nc1)C(=NC)SC. The van der Waals surface area contributed by atoms with Crippen LogP contribution in [0.4, 0.5) is 0 Å². The van der Waals surface area contributed by atoms with Crippen LogP contribution in [-0.4, -0.2) is 34.9 Å². The van der Waals surface area contributed by atoms with Gasteiger partial charge in [-0.1, -0.05) is 36.4 Å². The summed E-state index contributed by atoms with van der Waals surface area (Å²) in [7, 11) is 1.83. The van der Waals surface area contributed by atoms with E-state index in [-0.39, 0.29) is 0 Å². The first-order chi connectivity index (χ1) is 8.21. The molecule has 0 aliphatic rings. The second-order valence-electron chi connectivity index (χ2n) is 3.62. The predicted octanol–water partition coefficient (Wildman–Crippen LogP) is 3.30. The summed E-state index contributed by atoms with van der Waals surface area (Å²) in [5.41, 5.74) is 1.15. The van der Waals surface area contributed by atoms with E-state index in [9.17, 15) is 0 Å². The number of halogens is 1. The Kier molecular flexibility index (Phi) is 6.37. The number of pyridine rings is 1. The van der Waals surface area contributed by atoms with Gasteiger partial charge in [-0.3, -0.25) is 4.99 Å². The summed E-state index contributed by atoms with van der Waals surface area (Å²) >= 11 is 7.44. The van der Waals surface area contributed by atoms with Crippen molar-refractivity contribution in [2.45, 2.75) is 19.9 Å². The van der Waals surface area contributed by atoms with E-state index in [2.05, 4.69) is 21.8 Å². The van der Waals surface area contributed by atoms with Gasteiger partial charge in [0.05, 0.1) is 0 Å². The van der Waals surface area contributed by atoms with Crippen molar-refractivity contribution in [1.82, 2.24) is 9.88 Å². The molecule has 94 valence electrons. The van der Waals surface area contributed by atoms with Crippen molar-refractivity contribution >= 4 is 28.5 Å². The van der Waals surface area contributed by atoms with Crippen LogP contribution >= 0.6 is 23.4 Å². The van der Waals surface area contributed by atoms with Crippen molar-refractivity contribution in [1.29, 1.82) is 0 Å². The van der Waals surface area contributed by atoms with E-state index >= 15 is 0 Å². The highest BCUT2D eigenvalue weighted by Gasteiger charge is 2.09. The number of nitrogens with zero attached hydrogens (tertiary/aromatic N) is 3. The highest BCUT2D eigenvalue weighted by atomic mass is 35.5. The van der Waals surface area contributed by atoms with Gasteiger partial charge in [-0.2, -0.15) is 0 Å². The summed E-state index contributed by atoms with van der Waals surface area (Å²) in [6.07, 6.45) is 4.96. The van der Waals surface area contributed by atoms with Crippen LogP contribution < -0.4 is 0 Å². The summed E-state index contributed by atoms with van der Waals surface area (Å²) in [4.78, 5) is 10.7.